The number of methoxy groups -OCH3 is 1. The van der Waals surface area contributed by atoms with Crippen molar-refractivity contribution in [3.8, 4) is 17.0 Å². The summed E-state index contributed by atoms with van der Waals surface area (Å²) in [5.74, 6) is 0.855. The number of rotatable bonds is 6. The van der Waals surface area contributed by atoms with Gasteiger partial charge in [-0.15, -0.1) is 17.0 Å². The molecule has 0 spiro atoms. The van der Waals surface area contributed by atoms with Crippen LogP contribution in [0.15, 0.2) is 54.6 Å². The van der Waals surface area contributed by atoms with Crippen molar-refractivity contribution in [1.29, 1.82) is 0 Å². The average molecular weight is 416 g/mol. The zero-order chi connectivity index (χ0) is 17.8. The minimum atomic E-state index is 0. The molecule has 0 amide bonds. The van der Waals surface area contributed by atoms with Crippen LogP contribution in [-0.4, -0.2) is 51.2 Å². The van der Waals surface area contributed by atoms with Crippen LogP contribution < -0.4 is 9.64 Å². The summed E-state index contributed by atoms with van der Waals surface area (Å²) in [6, 6.07) is 18.6. The van der Waals surface area contributed by atoms with Crippen LogP contribution in [0.25, 0.3) is 22.2 Å². The Labute approximate surface area is 166 Å². The van der Waals surface area contributed by atoms with Crippen molar-refractivity contribution in [1.82, 2.24) is 9.88 Å². The molecule has 0 atom stereocenters. The van der Waals surface area contributed by atoms with Gasteiger partial charge in [0.2, 0.25) is 0 Å². The van der Waals surface area contributed by atoms with Gasteiger partial charge < -0.3 is 14.5 Å². The topological polar surface area (TPSA) is 28.6 Å². The number of nitrogens with zero attached hydrogens (tertiary/aromatic N) is 3. The van der Waals surface area contributed by atoms with Gasteiger partial charge in [-0.25, -0.2) is 4.98 Å². The van der Waals surface area contributed by atoms with E-state index in [0.717, 1.165) is 35.6 Å². The predicted octanol–water partition coefficient (Wildman–Crippen LogP) is 4.49. The van der Waals surface area contributed by atoms with Crippen molar-refractivity contribution in [3.05, 3.63) is 54.6 Å². The molecule has 0 saturated heterocycles. The van der Waals surface area contributed by atoms with Gasteiger partial charge in [-0.3, -0.25) is 0 Å². The van der Waals surface area contributed by atoms with Crippen molar-refractivity contribution >= 4 is 33.6 Å². The summed E-state index contributed by atoms with van der Waals surface area (Å²) in [6.45, 7) is 1.97. The van der Waals surface area contributed by atoms with Crippen LogP contribution in [0, 0.1) is 0 Å². The first-order valence-corrected chi connectivity index (χ1v) is 8.48. The van der Waals surface area contributed by atoms with E-state index in [4.69, 9.17) is 9.72 Å². The Morgan fingerprint density at radius 1 is 0.923 bits per heavy atom. The zero-order valence-corrected chi connectivity index (χ0v) is 17.5. The Morgan fingerprint density at radius 2 is 1.62 bits per heavy atom. The largest absolute Gasteiger partial charge is 0.497 e. The highest BCUT2D eigenvalue weighted by Crippen LogP contribution is 2.31. The molecule has 5 heteroatoms. The van der Waals surface area contributed by atoms with Crippen molar-refractivity contribution in [3.63, 3.8) is 0 Å². The van der Waals surface area contributed by atoms with Crippen molar-refractivity contribution in [2.75, 3.05) is 46.2 Å². The Bertz CT molecular complexity index is 850. The number of halogens is 1. The first-order chi connectivity index (χ1) is 12.1. The Balaban J connectivity index is 0.00000243. The van der Waals surface area contributed by atoms with Crippen molar-refractivity contribution in [2.45, 2.75) is 0 Å². The Morgan fingerprint density at radius 3 is 2.27 bits per heavy atom. The molecule has 0 aliphatic heterocycles. The molecule has 0 bridgehead atoms. The molecule has 0 fully saturated rings. The first kappa shape index (κ1) is 20.2. The number of hydrogen-bond acceptors (Lipinski definition) is 4. The molecule has 0 aliphatic carbocycles. The molecule has 138 valence electrons. The number of hydrogen-bond donors (Lipinski definition) is 0. The maximum absolute atomic E-state index is 5.26. The second-order valence-corrected chi connectivity index (χ2v) is 6.50. The minimum Gasteiger partial charge on any atom is -0.497 e. The minimum absolute atomic E-state index is 0. The van der Waals surface area contributed by atoms with E-state index >= 15 is 0 Å². The monoisotopic (exact) mass is 415 g/mol. The van der Waals surface area contributed by atoms with Gasteiger partial charge in [0.1, 0.15) is 5.75 Å². The SMILES string of the molecule is Br.COc1ccc(-c2cc(N(C)CCN(C)C)c3ccccc3n2)cc1. The van der Waals surface area contributed by atoms with Crippen LogP contribution in [0.5, 0.6) is 5.75 Å². The van der Waals surface area contributed by atoms with E-state index < -0.39 is 0 Å². The molecule has 26 heavy (non-hydrogen) atoms. The zero-order valence-electron chi connectivity index (χ0n) is 15.8. The molecule has 1 heterocycles. The number of fused-ring (bicyclic) bond motifs is 1. The van der Waals surface area contributed by atoms with Gasteiger partial charge in [-0.2, -0.15) is 0 Å². The van der Waals surface area contributed by atoms with E-state index in [9.17, 15) is 0 Å². The molecule has 1 aromatic heterocycles. The van der Waals surface area contributed by atoms with Gasteiger partial charge in [0.05, 0.1) is 18.3 Å². The smallest absolute Gasteiger partial charge is 0.118 e. The molecule has 3 aromatic rings. The molecule has 3 rings (SSSR count). The number of pyridine rings is 1. The molecule has 0 saturated carbocycles. The van der Waals surface area contributed by atoms with Gasteiger partial charge in [0.15, 0.2) is 0 Å². The van der Waals surface area contributed by atoms with Gasteiger partial charge in [0, 0.05) is 36.8 Å². The van der Waals surface area contributed by atoms with E-state index in [-0.39, 0.29) is 17.0 Å². The van der Waals surface area contributed by atoms with Crippen LogP contribution in [-0.2, 0) is 0 Å². The van der Waals surface area contributed by atoms with Gasteiger partial charge in [-0.05, 0) is 50.5 Å². The molecular formula is C21H26BrN3O. The molecule has 0 aliphatic rings. The van der Waals surface area contributed by atoms with Gasteiger partial charge in [-0.1, -0.05) is 18.2 Å². The van der Waals surface area contributed by atoms with E-state index in [0.29, 0.717) is 0 Å². The van der Waals surface area contributed by atoms with Crippen LogP contribution in [0.3, 0.4) is 0 Å². The number of para-hydroxylation sites is 1. The maximum atomic E-state index is 5.26. The fourth-order valence-electron chi connectivity index (χ4n) is 2.85. The maximum Gasteiger partial charge on any atom is 0.118 e. The highest BCUT2D eigenvalue weighted by molar-refractivity contribution is 8.93. The molecular weight excluding hydrogens is 390 g/mol. The molecule has 2 aromatic carbocycles. The average Bonchev–Trinajstić information content (AvgIpc) is 2.65. The lowest BCUT2D eigenvalue weighted by atomic mass is 10.1. The quantitative estimate of drug-likeness (QED) is 0.592. The third-order valence-electron chi connectivity index (χ3n) is 4.37. The standard InChI is InChI=1S/C21H25N3O.BrH/c1-23(2)13-14-24(3)21-15-20(16-9-11-17(25-4)12-10-16)22-19-8-6-5-7-18(19)21;/h5-12,15H,13-14H2,1-4H3;1H. The molecule has 4 nitrogen and oxygen atoms in total. The van der Waals surface area contributed by atoms with Crippen molar-refractivity contribution in [2.24, 2.45) is 0 Å². The van der Waals surface area contributed by atoms with Crippen LogP contribution in [0.2, 0.25) is 0 Å². The number of anilines is 1. The lowest BCUT2D eigenvalue weighted by Crippen LogP contribution is -2.28. The third kappa shape index (κ3) is 4.54. The van der Waals surface area contributed by atoms with Crippen LogP contribution in [0.4, 0.5) is 5.69 Å². The van der Waals surface area contributed by atoms with Crippen LogP contribution >= 0.6 is 17.0 Å². The lowest BCUT2D eigenvalue weighted by molar-refractivity contribution is 0.415. The fraction of sp³-hybridized carbons (Fsp3) is 0.286. The summed E-state index contributed by atoms with van der Waals surface area (Å²) in [4.78, 5) is 9.36. The lowest BCUT2D eigenvalue weighted by Gasteiger charge is -2.23. The normalized spacial score (nSPS) is 10.7. The van der Waals surface area contributed by atoms with Crippen molar-refractivity contribution < 1.29 is 4.74 Å². The number of likely N-dealkylation sites (N-methyl/N-ethyl adjacent to an activating group) is 2. The van der Waals surface area contributed by atoms with E-state index in [1.807, 2.05) is 18.2 Å². The van der Waals surface area contributed by atoms with Gasteiger partial charge >= 0.3 is 0 Å². The summed E-state index contributed by atoms with van der Waals surface area (Å²) < 4.78 is 5.26. The van der Waals surface area contributed by atoms with Crippen LogP contribution in [0.1, 0.15) is 0 Å². The summed E-state index contributed by atoms with van der Waals surface area (Å²) in [6.07, 6.45) is 0. The summed E-state index contributed by atoms with van der Waals surface area (Å²) in [5.41, 5.74) is 4.29. The molecule has 0 unspecified atom stereocenters. The van der Waals surface area contributed by atoms with Gasteiger partial charge in [0.25, 0.3) is 0 Å². The second kappa shape index (κ2) is 9.01. The Hall–Kier alpha value is -2.11. The number of benzene rings is 2. The third-order valence-corrected chi connectivity index (χ3v) is 4.37. The molecule has 0 radical (unpaired) electrons. The predicted molar refractivity (Wildman–Crippen MR) is 116 cm³/mol. The number of ether oxygens (including phenoxy) is 1. The first-order valence-electron chi connectivity index (χ1n) is 8.48. The van der Waals surface area contributed by atoms with E-state index in [2.05, 4.69) is 67.3 Å². The van der Waals surface area contributed by atoms with E-state index in [1.54, 1.807) is 7.11 Å². The fourth-order valence-corrected chi connectivity index (χ4v) is 2.85. The summed E-state index contributed by atoms with van der Waals surface area (Å²) >= 11 is 0. The Kier molecular flexibility index (Phi) is 7.00. The van der Waals surface area contributed by atoms with E-state index in [1.165, 1.54) is 11.1 Å². The number of aromatic nitrogens is 1. The molecule has 0 N–H and O–H groups in total. The highest BCUT2D eigenvalue weighted by Gasteiger charge is 2.11. The highest BCUT2D eigenvalue weighted by atomic mass is 79.9. The summed E-state index contributed by atoms with van der Waals surface area (Å²) in [5, 5.41) is 1.18. The summed E-state index contributed by atoms with van der Waals surface area (Å²) in [7, 11) is 8.02. The second-order valence-electron chi connectivity index (χ2n) is 6.50.